The topological polar surface area (TPSA) is 157 Å². The second-order valence-electron chi connectivity index (χ2n) is 8.07. The van der Waals surface area contributed by atoms with E-state index in [0.29, 0.717) is 30.4 Å². The number of nitrogens with zero attached hydrogens (tertiary/aromatic N) is 6. The van der Waals surface area contributed by atoms with Gasteiger partial charge in [-0.25, -0.2) is 13.5 Å². The number of hydrogen-bond donors (Lipinski definition) is 1. The number of piperazine rings is 1. The first kappa shape index (κ1) is 24.3. The van der Waals surface area contributed by atoms with E-state index < -0.39 is 14.9 Å². The molecule has 2 aromatic carbocycles. The average Bonchev–Trinajstić information content (AvgIpc) is 3.36. The Balaban J connectivity index is 1.44. The predicted molar refractivity (Wildman–Crippen MR) is 125 cm³/mol. The predicted octanol–water partition coefficient (Wildman–Crippen LogP) is 1.98. The van der Waals surface area contributed by atoms with E-state index in [4.69, 9.17) is 9.47 Å². The third-order valence-corrected chi connectivity index (χ3v) is 7.24. The lowest BCUT2D eigenvalue weighted by Crippen LogP contribution is -2.48. The van der Waals surface area contributed by atoms with Gasteiger partial charge in [-0.15, -0.1) is 5.10 Å². The van der Waals surface area contributed by atoms with Crippen LogP contribution in [0.4, 0.5) is 11.4 Å². The molecule has 13 nitrogen and oxygen atoms in total. The smallest absolute Gasteiger partial charge is 0.311 e. The Kier molecular flexibility index (Phi) is 7.12. The minimum absolute atomic E-state index is 0.00460. The fourth-order valence-corrected chi connectivity index (χ4v) is 5.07. The van der Waals surface area contributed by atoms with Crippen molar-refractivity contribution in [3.8, 4) is 11.5 Å². The molecule has 0 amide bonds. The van der Waals surface area contributed by atoms with E-state index in [-0.39, 0.29) is 42.1 Å². The van der Waals surface area contributed by atoms with Crippen LogP contribution in [-0.4, -0.2) is 70.6 Å². The summed E-state index contributed by atoms with van der Waals surface area (Å²) in [6.07, 6.45) is -0.00460. The van der Waals surface area contributed by atoms with Gasteiger partial charge in [-0.1, -0.05) is 0 Å². The number of aromatic nitrogens is 4. The molecule has 1 aliphatic heterocycles. The van der Waals surface area contributed by atoms with Gasteiger partial charge in [0.05, 0.1) is 15.9 Å². The normalized spacial score (nSPS) is 14.8. The van der Waals surface area contributed by atoms with E-state index in [1.807, 2.05) is 18.7 Å². The van der Waals surface area contributed by atoms with Gasteiger partial charge in [-0.05, 0) is 54.6 Å². The van der Waals surface area contributed by atoms with Crippen molar-refractivity contribution < 1.29 is 22.8 Å². The summed E-state index contributed by atoms with van der Waals surface area (Å²) in [5.41, 5.74) is 0.501. The number of ether oxygens (including phenoxy) is 2. The van der Waals surface area contributed by atoms with Gasteiger partial charge in [0.1, 0.15) is 12.4 Å². The lowest BCUT2D eigenvalue weighted by atomic mass is 10.2. The molecule has 35 heavy (non-hydrogen) atoms. The summed E-state index contributed by atoms with van der Waals surface area (Å²) in [5, 5.41) is 24.5. The molecule has 4 rings (SSSR count). The molecule has 1 N–H and O–H groups in total. The Morgan fingerprint density at radius 1 is 1.11 bits per heavy atom. The highest BCUT2D eigenvalue weighted by atomic mass is 32.2. The van der Waals surface area contributed by atoms with E-state index in [0.717, 1.165) is 0 Å². The molecule has 0 saturated carbocycles. The number of nitrogens with one attached hydrogen (secondary N) is 1. The Morgan fingerprint density at radius 2 is 1.83 bits per heavy atom. The number of benzene rings is 2. The zero-order valence-electron chi connectivity index (χ0n) is 19.2. The van der Waals surface area contributed by atoms with E-state index in [1.54, 1.807) is 36.4 Å². The van der Waals surface area contributed by atoms with Crippen LogP contribution in [0.3, 0.4) is 0 Å². The quantitative estimate of drug-likeness (QED) is 0.338. The van der Waals surface area contributed by atoms with Gasteiger partial charge in [-0.3, -0.25) is 10.1 Å². The standard InChI is InChI=1S/C21H25N7O6S/c1-15(2)34-17-4-6-18(7-5-17)35(31,32)27-11-9-26(10-12-27)16-3-8-19(28(29)30)20(13-16)33-14-21-22-24-25-23-21/h3-8,13,15H,9-12,14H2,1-2H3,(H,22,23,24,25). The zero-order chi connectivity index (χ0) is 25.0. The van der Waals surface area contributed by atoms with Crippen LogP contribution in [0.15, 0.2) is 47.4 Å². The molecular formula is C21H25N7O6S. The first-order valence-corrected chi connectivity index (χ1v) is 12.3. The first-order valence-electron chi connectivity index (χ1n) is 10.9. The van der Waals surface area contributed by atoms with Crippen LogP contribution in [0.1, 0.15) is 19.7 Å². The largest absolute Gasteiger partial charge is 0.491 e. The van der Waals surface area contributed by atoms with Crippen LogP contribution in [-0.2, 0) is 16.6 Å². The molecule has 186 valence electrons. The summed E-state index contributed by atoms with van der Waals surface area (Å²) in [6, 6.07) is 10.9. The number of nitro groups is 1. The van der Waals surface area contributed by atoms with Gasteiger partial charge in [0.25, 0.3) is 0 Å². The van der Waals surface area contributed by atoms with Gasteiger partial charge in [-0.2, -0.15) is 4.31 Å². The summed E-state index contributed by atoms with van der Waals surface area (Å²) >= 11 is 0. The third kappa shape index (κ3) is 5.66. The monoisotopic (exact) mass is 503 g/mol. The van der Waals surface area contributed by atoms with E-state index >= 15 is 0 Å². The lowest BCUT2D eigenvalue weighted by Gasteiger charge is -2.35. The number of hydrogen-bond acceptors (Lipinski definition) is 10. The van der Waals surface area contributed by atoms with Gasteiger partial charge in [0.2, 0.25) is 10.0 Å². The second kappa shape index (κ2) is 10.2. The molecule has 0 radical (unpaired) electrons. The second-order valence-corrected chi connectivity index (χ2v) is 10.0. The van der Waals surface area contributed by atoms with E-state index in [1.165, 1.54) is 10.4 Å². The number of H-pyrrole nitrogens is 1. The van der Waals surface area contributed by atoms with Crippen molar-refractivity contribution in [1.29, 1.82) is 0 Å². The molecule has 0 bridgehead atoms. The summed E-state index contributed by atoms with van der Waals surface area (Å²) in [6.45, 7) is 5.10. The number of anilines is 1. The maximum absolute atomic E-state index is 13.1. The maximum Gasteiger partial charge on any atom is 0.311 e. The van der Waals surface area contributed by atoms with Gasteiger partial charge in [0, 0.05) is 44.0 Å². The summed E-state index contributed by atoms with van der Waals surface area (Å²) in [7, 11) is -3.66. The highest BCUT2D eigenvalue weighted by Gasteiger charge is 2.29. The van der Waals surface area contributed by atoms with Crippen molar-refractivity contribution in [2.45, 2.75) is 31.5 Å². The van der Waals surface area contributed by atoms with Crippen molar-refractivity contribution in [3.63, 3.8) is 0 Å². The molecule has 0 atom stereocenters. The molecule has 1 aromatic heterocycles. The number of tetrazole rings is 1. The molecule has 3 aromatic rings. The van der Waals surface area contributed by atoms with Crippen LogP contribution in [0.25, 0.3) is 0 Å². The van der Waals surface area contributed by atoms with Crippen LogP contribution in [0.2, 0.25) is 0 Å². The molecule has 0 unspecified atom stereocenters. The van der Waals surface area contributed by atoms with Gasteiger partial charge < -0.3 is 14.4 Å². The van der Waals surface area contributed by atoms with Crippen molar-refractivity contribution >= 4 is 21.4 Å². The van der Waals surface area contributed by atoms with Gasteiger partial charge >= 0.3 is 5.69 Å². The molecule has 1 fully saturated rings. The van der Waals surface area contributed by atoms with Crippen molar-refractivity contribution in [3.05, 3.63) is 58.4 Å². The number of sulfonamides is 1. The van der Waals surface area contributed by atoms with Crippen molar-refractivity contribution in [2.24, 2.45) is 0 Å². The maximum atomic E-state index is 13.1. The Morgan fingerprint density at radius 3 is 2.43 bits per heavy atom. The van der Waals surface area contributed by atoms with E-state index in [2.05, 4.69) is 20.6 Å². The van der Waals surface area contributed by atoms with Crippen LogP contribution in [0, 0.1) is 10.1 Å². The molecule has 1 aliphatic rings. The molecular weight excluding hydrogens is 478 g/mol. The number of nitro benzene ring substituents is 1. The van der Waals surface area contributed by atoms with E-state index in [9.17, 15) is 18.5 Å². The first-order chi connectivity index (χ1) is 16.7. The molecule has 0 spiro atoms. The minimum atomic E-state index is -3.66. The van der Waals surface area contributed by atoms with Crippen LogP contribution < -0.4 is 14.4 Å². The highest BCUT2D eigenvalue weighted by molar-refractivity contribution is 7.89. The van der Waals surface area contributed by atoms with Crippen molar-refractivity contribution in [1.82, 2.24) is 24.9 Å². The molecule has 14 heteroatoms. The third-order valence-electron chi connectivity index (χ3n) is 5.33. The van der Waals surface area contributed by atoms with Crippen molar-refractivity contribution in [2.75, 3.05) is 31.1 Å². The Hall–Kier alpha value is -3.78. The lowest BCUT2D eigenvalue weighted by molar-refractivity contribution is -0.385. The highest BCUT2D eigenvalue weighted by Crippen LogP contribution is 2.33. The summed E-state index contributed by atoms with van der Waals surface area (Å²) in [4.78, 5) is 13.0. The zero-order valence-corrected chi connectivity index (χ0v) is 20.0. The molecule has 1 saturated heterocycles. The summed E-state index contributed by atoms with van der Waals surface area (Å²) < 4.78 is 38.8. The minimum Gasteiger partial charge on any atom is -0.491 e. The number of aromatic amines is 1. The summed E-state index contributed by atoms with van der Waals surface area (Å²) in [5.74, 6) is 1.01. The fraction of sp³-hybridized carbons (Fsp3) is 0.381. The fourth-order valence-electron chi connectivity index (χ4n) is 3.65. The molecule has 2 heterocycles. The Labute approximate surface area is 201 Å². The Bertz CT molecular complexity index is 1260. The van der Waals surface area contributed by atoms with Crippen LogP contribution in [0.5, 0.6) is 11.5 Å². The van der Waals surface area contributed by atoms with Crippen LogP contribution >= 0.6 is 0 Å². The average molecular weight is 504 g/mol. The number of rotatable bonds is 9. The van der Waals surface area contributed by atoms with Gasteiger partial charge in [0.15, 0.2) is 11.6 Å². The SMILES string of the molecule is CC(C)Oc1ccc(S(=O)(=O)N2CCN(c3ccc([N+](=O)[O-])c(OCc4nnn[nH]4)c3)CC2)cc1. The molecule has 0 aliphatic carbocycles.